The van der Waals surface area contributed by atoms with Gasteiger partial charge in [0.05, 0.1) is 12.2 Å². The van der Waals surface area contributed by atoms with Gasteiger partial charge in [-0.15, -0.1) is 0 Å². The van der Waals surface area contributed by atoms with Gasteiger partial charge in [0, 0.05) is 50.6 Å². The van der Waals surface area contributed by atoms with Crippen molar-refractivity contribution in [2.75, 3.05) is 44.2 Å². The molecular weight excluding hydrogens is 452 g/mol. The van der Waals surface area contributed by atoms with E-state index in [-0.39, 0.29) is 5.60 Å². The van der Waals surface area contributed by atoms with E-state index in [0.717, 1.165) is 30.0 Å². The van der Waals surface area contributed by atoms with Crippen molar-refractivity contribution in [1.29, 1.82) is 0 Å². The zero-order valence-corrected chi connectivity index (χ0v) is 21.5. The molecule has 0 saturated carbocycles. The molecule has 0 saturated heterocycles. The average molecular weight is 485 g/mol. The Hall–Kier alpha value is -2.61. The van der Waals surface area contributed by atoms with E-state index >= 15 is 0 Å². The Morgan fingerprint density at radius 2 is 1.76 bits per heavy atom. The fraction of sp³-hybridized carbons (Fsp3) is 0.346. The Balaban J connectivity index is 1.51. The van der Waals surface area contributed by atoms with Crippen LogP contribution in [0.25, 0.3) is 0 Å². The standard InChI is InChI=1S/C26H32N2O3S2/c1-26(2,29-5)20-10-12-23(13-11-20)31-25(32)28(4)21-8-6-9-24(18-21)30-16-7-15-27(3)22-14-17-33-19-22/h6,8-14,17-19H,7,15-16H2,1-5H3. The van der Waals surface area contributed by atoms with Gasteiger partial charge in [0.1, 0.15) is 11.5 Å². The van der Waals surface area contributed by atoms with E-state index in [1.165, 1.54) is 5.69 Å². The molecule has 3 aromatic rings. The van der Waals surface area contributed by atoms with Crippen LogP contribution in [0.3, 0.4) is 0 Å². The second kappa shape index (κ2) is 11.5. The average Bonchev–Trinajstić information content (AvgIpc) is 3.37. The molecular formula is C26H32N2O3S2. The molecule has 0 aliphatic heterocycles. The first-order valence-electron chi connectivity index (χ1n) is 10.9. The predicted octanol–water partition coefficient (Wildman–Crippen LogP) is 6.34. The van der Waals surface area contributed by atoms with Crippen LogP contribution >= 0.6 is 23.6 Å². The van der Waals surface area contributed by atoms with E-state index in [2.05, 4.69) is 28.8 Å². The van der Waals surface area contributed by atoms with Crippen LogP contribution in [0, 0.1) is 0 Å². The summed E-state index contributed by atoms with van der Waals surface area (Å²) in [6, 6.07) is 17.8. The number of methoxy groups -OCH3 is 1. The number of nitrogens with zero attached hydrogens (tertiary/aromatic N) is 2. The number of anilines is 2. The monoisotopic (exact) mass is 484 g/mol. The van der Waals surface area contributed by atoms with E-state index in [9.17, 15) is 0 Å². The van der Waals surface area contributed by atoms with E-state index in [1.807, 2.05) is 74.3 Å². The van der Waals surface area contributed by atoms with Gasteiger partial charge in [0.15, 0.2) is 0 Å². The van der Waals surface area contributed by atoms with Crippen LogP contribution in [-0.2, 0) is 10.3 Å². The maximum Gasteiger partial charge on any atom is 0.269 e. The van der Waals surface area contributed by atoms with E-state index in [1.54, 1.807) is 18.4 Å². The Kier molecular flexibility index (Phi) is 8.72. The molecule has 0 fully saturated rings. The normalized spacial score (nSPS) is 11.2. The van der Waals surface area contributed by atoms with Crippen LogP contribution in [0.1, 0.15) is 25.8 Å². The highest BCUT2D eigenvalue weighted by molar-refractivity contribution is 7.80. The van der Waals surface area contributed by atoms with Crippen molar-refractivity contribution >= 4 is 40.1 Å². The highest BCUT2D eigenvalue weighted by Crippen LogP contribution is 2.27. The van der Waals surface area contributed by atoms with Gasteiger partial charge in [-0.25, -0.2) is 0 Å². The first kappa shape index (κ1) is 25.0. The Bertz CT molecular complexity index is 1020. The summed E-state index contributed by atoms with van der Waals surface area (Å²) in [6.45, 7) is 5.64. The van der Waals surface area contributed by atoms with Gasteiger partial charge >= 0.3 is 0 Å². The number of rotatable bonds is 10. The minimum absolute atomic E-state index is 0.352. The molecule has 0 N–H and O–H groups in total. The van der Waals surface area contributed by atoms with Crippen molar-refractivity contribution < 1.29 is 14.2 Å². The molecule has 7 heteroatoms. The molecule has 3 rings (SSSR count). The first-order chi connectivity index (χ1) is 15.8. The lowest BCUT2D eigenvalue weighted by Gasteiger charge is -2.24. The molecule has 33 heavy (non-hydrogen) atoms. The molecule has 176 valence electrons. The number of hydrogen-bond acceptors (Lipinski definition) is 6. The molecule has 2 aromatic carbocycles. The summed E-state index contributed by atoms with van der Waals surface area (Å²) in [4.78, 5) is 4.07. The van der Waals surface area contributed by atoms with Crippen LogP contribution in [0.2, 0.25) is 0 Å². The van der Waals surface area contributed by atoms with Gasteiger partial charge in [-0.2, -0.15) is 11.3 Å². The lowest BCUT2D eigenvalue weighted by molar-refractivity contribution is 0.0192. The molecule has 5 nitrogen and oxygen atoms in total. The lowest BCUT2D eigenvalue weighted by atomic mass is 9.98. The number of thiocarbonyl (C=S) groups is 1. The molecule has 1 heterocycles. The molecule has 0 aliphatic carbocycles. The molecule has 0 spiro atoms. The van der Waals surface area contributed by atoms with Crippen molar-refractivity contribution in [1.82, 2.24) is 0 Å². The smallest absolute Gasteiger partial charge is 0.269 e. The number of benzene rings is 2. The summed E-state index contributed by atoms with van der Waals surface area (Å²) in [5, 5.41) is 4.61. The summed E-state index contributed by atoms with van der Waals surface area (Å²) in [7, 11) is 5.69. The highest BCUT2D eigenvalue weighted by Gasteiger charge is 2.19. The SMILES string of the molecule is COC(C)(C)c1ccc(OC(=S)N(C)c2cccc(OCCCN(C)c3ccsc3)c2)cc1. The third kappa shape index (κ3) is 6.93. The quantitative estimate of drug-likeness (QED) is 0.247. The fourth-order valence-electron chi connectivity index (χ4n) is 3.19. The van der Waals surface area contributed by atoms with Gasteiger partial charge in [0.25, 0.3) is 5.17 Å². The van der Waals surface area contributed by atoms with Crippen LogP contribution in [0.5, 0.6) is 11.5 Å². The highest BCUT2D eigenvalue weighted by atomic mass is 32.1. The van der Waals surface area contributed by atoms with Crippen molar-refractivity contribution in [3.63, 3.8) is 0 Å². The van der Waals surface area contributed by atoms with Crippen molar-refractivity contribution in [2.45, 2.75) is 25.9 Å². The summed E-state index contributed by atoms with van der Waals surface area (Å²) in [6.07, 6.45) is 0.934. The first-order valence-corrected chi connectivity index (χ1v) is 12.2. The van der Waals surface area contributed by atoms with Gasteiger partial charge in [-0.3, -0.25) is 0 Å². The van der Waals surface area contributed by atoms with Crippen LogP contribution in [0.4, 0.5) is 11.4 Å². The predicted molar refractivity (Wildman–Crippen MR) is 142 cm³/mol. The van der Waals surface area contributed by atoms with Crippen molar-refractivity contribution in [3.8, 4) is 11.5 Å². The molecule has 0 bridgehead atoms. The minimum atomic E-state index is -0.352. The van der Waals surface area contributed by atoms with E-state index < -0.39 is 0 Å². The summed E-state index contributed by atoms with van der Waals surface area (Å²) in [5.41, 5.74) is 2.87. The largest absolute Gasteiger partial charge is 0.493 e. The van der Waals surface area contributed by atoms with Gasteiger partial charge < -0.3 is 24.0 Å². The molecule has 0 radical (unpaired) electrons. The van der Waals surface area contributed by atoms with Gasteiger partial charge in [-0.05, 0) is 73.8 Å². The zero-order valence-electron chi connectivity index (χ0n) is 19.9. The second-order valence-corrected chi connectivity index (χ2v) is 9.40. The van der Waals surface area contributed by atoms with Crippen molar-refractivity contribution in [3.05, 3.63) is 70.9 Å². The summed E-state index contributed by atoms with van der Waals surface area (Å²) >= 11 is 7.23. The van der Waals surface area contributed by atoms with Crippen LogP contribution < -0.4 is 19.3 Å². The Labute approximate surface area is 206 Å². The molecule has 0 amide bonds. The molecule has 0 unspecified atom stereocenters. The van der Waals surface area contributed by atoms with Gasteiger partial charge in [0.2, 0.25) is 0 Å². The van der Waals surface area contributed by atoms with E-state index in [4.69, 9.17) is 26.4 Å². The maximum absolute atomic E-state index is 5.97. The fourth-order valence-corrected chi connectivity index (χ4v) is 4.09. The minimum Gasteiger partial charge on any atom is -0.493 e. The number of ether oxygens (including phenoxy) is 3. The lowest BCUT2D eigenvalue weighted by Crippen LogP contribution is -2.29. The second-order valence-electron chi connectivity index (χ2n) is 8.27. The zero-order chi connectivity index (χ0) is 23.8. The molecule has 0 atom stereocenters. The summed E-state index contributed by atoms with van der Waals surface area (Å²) < 4.78 is 17.4. The third-order valence-electron chi connectivity index (χ3n) is 5.60. The van der Waals surface area contributed by atoms with Crippen molar-refractivity contribution in [2.24, 2.45) is 0 Å². The van der Waals surface area contributed by atoms with Crippen LogP contribution in [-0.4, -0.2) is 39.5 Å². The Morgan fingerprint density at radius 3 is 2.42 bits per heavy atom. The number of hydrogen-bond donors (Lipinski definition) is 0. The number of thiophene rings is 1. The molecule has 0 aliphatic rings. The topological polar surface area (TPSA) is 34.2 Å². The van der Waals surface area contributed by atoms with Crippen LogP contribution in [0.15, 0.2) is 65.4 Å². The maximum atomic E-state index is 5.97. The van der Waals surface area contributed by atoms with E-state index in [0.29, 0.717) is 17.5 Å². The third-order valence-corrected chi connectivity index (χ3v) is 6.63. The molecule has 1 aromatic heterocycles. The van der Waals surface area contributed by atoms with Gasteiger partial charge in [-0.1, -0.05) is 18.2 Å². The Morgan fingerprint density at radius 1 is 1.00 bits per heavy atom. The summed E-state index contributed by atoms with van der Waals surface area (Å²) in [5.74, 6) is 1.50.